The molecule has 0 bridgehead atoms. The number of nitrogens with one attached hydrogen (secondary N) is 1. The molecule has 2 aliphatic rings. The molecule has 0 unspecified atom stereocenters. The molecule has 1 aliphatic heterocycles. The largest absolute Gasteiger partial charge is 0.325 e. The molecule has 148 valence electrons. The second-order valence-electron chi connectivity index (χ2n) is 7.36. The molecule has 5 nitrogen and oxygen atoms in total. The molecule has 3 amide bonds. The van der Waals surface area contributed by atoms with Crippen molar-refractivity contribution in [3.8, 4) is 0 Å². The van der Waals surface area contributed by atoms with Gasteiger partial charge in [0.1, 0.15) is 0 Å². The Hall–Kier alpha value is -2.86. The van der Waals surface area contributed by atoms with Gasteiger partial charge in [-0.3, -0.25) is 19.3 Å². The molecule has 1 heterocycles. The van der Waals surface area contributed by atoms with Gasteiger partial charge in [-0.1, -0.05) is 29.8 Å². The lowest BCUT2D eigenvalue weighted by atomic mass is 9.85. The normalized spacial score (nSPS) is 20.7. The summed E-state index contributed by atoms with van der Waals surface area (Å²) in [5.74, 6) is -0.474. The Balaban J connectivity index is 1.36. The van der Waals surface area contributed by atoms with Crippen LogP contribution in [-0.2, 0) is 14.4 Å². The second-order valence-corrected chi connectivity index (χ2v) is 8.41. The fourth-order valence-electron chi connectivity index (χ4n) is 3.73. The molecule has 0 aromatic heterocycles. The Labute approximate surface area is 174 Å². The third-order valence-electron chi connectivity index (χ3n) is 5.31. The first-order valence-electron chi connectivity index (χ1n) is 9.65. The molecule has 0 radical (unpaired) electrons. The maximum atomic E-state index is 12.7. The van der Waals surface area contributed by atoms with Gasteiger partial charge in [0.05, 0.1) is 23.3 Å². The van der Waals surface area contributed by atoms with Crippen LogP contribution in [0.1, 0.15) is 18.4 Å². The third kappa shape index (κ3) is 4.12. The Morgan fingerprint density at radius 2 is 1.55 bits per heavy atom. The molecule has 1 N–H and O–H groups in total. The molecule has 29 heavy (non-hydrogen) atoms. The summed E-state index contributed by atoms with van der Waals surface area (Å²) < 4.78 is 0. The summed E-state index contributed by atoms with van der Waals surface area (Å²) in [5, 5.41) is 2.87. The molecule has 1 saturated heterocycles. The van der Waals surface area contributed by atoms with Crippen LogP contribution < -0.4 is 10.2 Å². The summed E-state index contributed by atoms with van der Waals surface area (Å²) >= 11 is 1.41. The smallest absolute Gasteiger partial charge is 0.238 e. The summed E-state index contributed by atoms with van der Waals surface area (Å²) in [7, 11) is 0. The van der Waals surface area contributed by atoms with Crippen molar-refractivity contribution in [2.75, 3.05) is 16.0 Å². The summed E-state index contributed by atoms with van der Waals surface area (Å²) in [6, 6.07) is 14.9. The van der Waals surface area contributed by atoms with Gasteiger partial charge in [0.25, 0.3) is 0 Å². The van der Waals surface area contributed by atoms with Crippen LogP contribution in [0.4, 0.5) is 11.4 Å². The molecule has 4 rings (SSSR count). The highest BCUT2D eigenvalue weighted by Gasteiger charge is 2.47. The van der Waals surface area contributed by atoms with E-state index < -0.39 is 0 Å². The number of nitrogens with zero attached hydrogens (tertiary/aromatic N) is 1. The van der Waals surface area contributed by atoms with Crippen molar-refractivity contribution in [2.24, 2.45) is 11.8 Å². The fraction of sp³-hybridized carbons (Fsp3) is 0.261. The van der Waals surface area contributed by atoms with E-state index in [1.165, 1.54) is 16.7 Å². The first-order valence-corrected chi connectivity index (χ1v) is 10.6. The maximum absolute atomic E-state index is 12.7. The Kier molecular flexibility index (Phi) is 5.53. The lowest BCUT2D eigenvalue weighted by molar-refractivity contribution is -0.122. The van der Waals surface area contributed by atoms with Crippen molar-refractivity contribution < 1.29 is 14.4 Å². The van der Waals surface area contributed by atoms with E-state index in [4.69, 9.17) is 0 Å². The van der Waals surface area contributed by atoms with Crippen LogP contribution in [-0.4, -0.2) is 23.5 Å². The Bertz CT molecular complexity index is 941. The molecule has 2 atom stereocenters. The summed E-state index contributed by atoms with van der Waals surface area (Å²) in [6.45, 7) is 2.00. The van der Waals surface area contributed by atoms with Gasteiger partial charge in [-0.25, -0.2) is 0 Å². The van der Waals surface area contributed by atoms with Crippen LogP contribution in [0.15, 0.2) is 65.6 Å². The van der Waals surface area contributed by atoms with Gasteiger partial charge in [-0.05, 0) is 56.2 Å². The third-order valence-corrected chi connectivity index (χ3v) is 6.32. The Morgan fingerprint density at radius 3 is 2.14 bits per heavy atom. The number of amides is 3. The molecule has 0 spiro atoms. The minimum absolute atomic E-state index is 0.0793. The van der Waals surface area contributed by atoms with Gasteiger partial charge >= 0.3 is 0 Å². The highest BCUT2D eigenvalue weighted by molar-refractivity contribution is 8.00. The maximum Gasteiger partial charge on any atom is 0.238 e. The first kappa shape index (κ1) is 19.5. The van der Waals surface area contributed by atoms with Gasteiger partial charge in [-0.15, -0.1) is 11.8 Å². The Morgan fingerprint density at radius 1 is 0.966 bits per heavy atom. The highest BCUT2D eigenvalue weighted by atomic mass is 32.2. The monoisotopic (exact) mass is 406 g/mol. The van der Waals surface area contributed by atoms with Crippen molar-refractivity contribution in [3.05, 3.63) is 66.2 Å². The molecule has 0 saturated carbocycles. The van der Waals surface area contributed by atoms with E-state index in [2.05, 4.69) is 5.32 Å². The zero-order valence-electron chi connectivity index (χ0n) is 16.1. The summed E-state index contributed by atoms with van der Waals surface area (Å²) in [5.41, 5.74) is 2.52. The van der Waals surface area contributed by atoms with Gasteiger partial charge in [0.2, 0.25) is 17.7 Å². The van der Waals surface area contributed by atoms with Crippen LogP contribution in [0.2, 0.25) is 0 Å². The molecule has 2 aromatic carbocycles. The lowest BCUT2D eigenvalue weighted by Gasteiger charge is -2.15. The van der Waals surface area contributed by atoms with Crippen LogP contribution in [0.5, 0.6) is 0 Å². The SMILES string of the molecule is Cc1ccc(NC(=O)CSc2ccc(N3C(=O)[C@H]4CC=CC[C@@H]4C3=O)cc2)cc1. The average molecular weight is 407 g/mol. The van der Waals surface area contributed by atoms with E-state index in [9.17, 15) is 14.4 Å². The number of imide groups is 1. The van der Waals surface area contributed by atoms with Crippen LogP contribution in [0.3, 0.4) is 0 Å². The van der Waals surface area contributed by atoms with Crippen LogP contribution in [0, 0.1) is 18.8 Å². The van der Waals surface area contributed by atoms with Crippen LogP contribution in [0.25, 0.3) is 0 Å². The number of carbonyl (C=O) groups excluding carboxylic acids is 3. The molecule has 6 heteroatoms. The van der Waals surface area contributed by atoms with Crippen molar-refractivity contribution in [1.29, 1.82) is 0 Å². The number of thioether (sulfide) groups is 1. The summed E-state index contributed by atoms with van der Waals surface area (Å²) in [4.78, 5) is 39.7. The molecule has 1 fully saturated rings. The number of anilines is 2. The minimum atomic E-state index is -0.230. The zero-order chi connectivity index (χ0) is 20.4. The van der Waals surface area contributed by atoms with E-state index in [0.29, 0.717) is 18.5 Å². The molecular formula is C23H22N2O3S. The average Bonchev–Trinajstić information content (AvgIpc) is 2.99. The van der Waals surface area contributed by atoms with E-state index in [1.807, 2.05) is 55.5 Å². The molecule has 2 aromatic rings. The van der Waals surface area contributed by atoms with Crippen molar-refractivity contribution in [2.45, 2.75) is 24.7 Å². The number of rotatable bonds is 5. The van der Waals surface area contributed by atoms with Gasteiger partial charge in [-0.2, -0.15) is 0 Å². The summed E-state index contributed by atoms with van der Waals surface area (Å²) in [6.07, 6.45) is 5.24. The highest BCUT2D eigenvalue weighted by Crippen LogP contribution is 2.38. The fourth-order valence-corrected chi connectivity index (χ4v) is 4.43. The number of aryl methyl sites for hydroxylation is 1. The van der Waals surface area contributed by atoms with Gasteiger partial charge in [0.15, 0.2) is 0 Å². The van der Waals surface area contributed by atoms with Crippen molar-refractivity contribution in [1.82, 2.24) is 0 Å². The van der Waals surface area contributed by atoms with Gasteiger partial charge < -0.3 is 5.32 Å². The predicted octanol–water partition coefficient (Wildman–Crippen LogP) is 4.18. The minimum Gasteiger partial charge on any atom is -0.325 e. The second kappa shape index (κ2) is 8.25. The number of hydrogen-bond donors (Lipinski definition) is 1. The first-order chi connectivity index (χ1) is 14.0. The molecule has 1 aliphatic carbocycles. The van der Waals surface area contributed by atoms with E-state index >= 15 is 0 Å². The molecular weight excluding hydrogens is 384 g/mol. The van der Waals surface area contributed by atoms with Crippen molar-refractivity contribution in [3.63, 3.8) is 0 Å². The van der Waals surface area contributed by atoms with E-state index in [1.54, 1.807) is 12.1 Å². The number of carbonyl (C=O) groups is 3. The number of benzene rings is 2. The van der Waals surface area contributed by atoms with E-state index in [-0.39, 0.29) is 35.3 Å². The van der Waals surface area contributed by atoms with E-state index in [0.717, 1.165) is 16.1 Å². The number of hydrogen-bond acceptors (Lipinski definition) is 4. The number of fused-ring (bicyclic) bond motifs is 1. The predicted molar refractivity (Wildman–Crippen MR) is 115 cm³/mol. The standard InChI is InChI=1S/C23H22N2O3S/c1-15-6-8-16(9-7-15)24-21(26)14-29-18-12-10-17(11-13-18)25-22(27)19-4-2-3-5-20(19)23(25)28/h2-3,6-13,19-20H,4-5,14H2,1H3,(H,24,26)/t19-,20-/m0/s1. The topological polar surface area (TPSA) is 66.5 Å². The van der Waals surface area contributed by atoms with Crippen molar-refractivity contribution >= 4 is 40.9 Å². The quantitative estimate of drug-likeness (QED) is 0.460. The number of allylic oxidation sites excluding steroid dienone is 2. The lowest BCUT2D eigenvalue weighted by Crippen LogP contribution is -2.30. The van der Waals surface area contributed by atoms with Gasteiger partial charge in [0, 0.05) is 10.6 Å². The van der Waals surface area contributed by atoms with Crippen LogP contribution >= 0.6 is 11.8 Å². The zero-order valence-corrected chi connectivity index (χ0v) is 16.9.